The molecule has 150 valence electrons. The Bertz CT molecular complexity index is 422. The fraction of sp³-hybridized carbons (Fsp3) is 0.760. The molecule has 0 saturated carbocycles. The molecular weight excluding hydrogens is 314 g/mol. The Morgan fingerprint density at radius 1 is 0.538 bits per heavy atom. The zero-order chi connectivity index (χ0) is 19.1. The molecule has 1 rings (SSSR count). The van der Waals surface area contributed by atoms with Gasteiger partial charge in [-0.05, 0) is 39.2 Å². The van der Waals surface area contributed by atoms with E-state index in [4.69, 9.17) is 0 Å². The number of rotatable bonds is 16. The highest BCUT2D eigenvalue weighted by molar-refractivity contribution is 5.22. The van der Waals surface area contributed by atoms with Crippen molar-refractivity contribution in [2.45, 2.75) is 105 Å². The Morgan fingerprint density at radius 3 is 1.42 bits per heavy atom. The third kappa shape index (κ3) is 9.21. The summed E-state index contributed by atoms with van der Waals surface area (Å²) >= 11 is 0. The van der Waals surface area contributed by atoms with Crippen LogP contribution in [0.1, 0.15) is 103 Å². The Morgan fingerprint density at radius 2 is 0.962 bits per heavy atom. The maximum Gasteiger partial charge on any atom is 0.104 e. The minimum Gasteiger partial charge on any atom is -0.321 e. The van der Waals surface area contributed by atoms with Crippen molar-refractivity contribution in [1.29, 1.82) is 0 Å². The second-order valence-electron chi connectivity index (χ2n) is 8.20. The second kappa shape index (κ2) is 14.3. The lowest BCUT2D eigenvalue weighted by Crippen LogP contribution is -2.46. The van der Waals surface area contributed by atoms with Crippen LogP contribution < -0.4 is 0 Å². The fourth-order valence-electron chi connectivity index (χ4n) is 4.02. The van der Waals surface area contributed by atoms with Crippen molar-refractivity contribution in [2.75, 3.05) is 19.6 Å². The summed E-state index contributed by atoms with van der Waals surface area (Å²) in [6.45, 7) is 14.1. The first-order chi connectivity index (χ1) is 12.7. The number of unbranched alkanes of at least 4 members (excludes halogenated alkanes) is 9. The predicted molar refractivity (Wildman–Crippen MR) is 118 cm³/mol. The topological polar surface area (TPSA) is 0 Å². The van der Waals surface area contributed by atoms with Gasteiger partial charge in [-0.3, -0.25) is 0 Å². The van der Waals surface area contributed by atoms with Crippen molar-refractivity contribution in [3.05, 3.63) is 35.4 Å². The van der Waals surface area contributed by atoms with Gasteiger partial charge in [0.15, 0.2) is 0 Å². The zero-order valence-electron chi connectivity index (χ0n) is 18.4. The van der Waals surface area contributed by atoms with Gasteiger partial charge in [-0.15, -0.1) is 0 Å². The van der Waals surface area contributed by atoms with E-state index in [0.29, 0.717) is 0 Å². The largest absolute Gasteiger partial charge is 0.321 e. The van der Waals surface area contributed by atoms with Crippen molar-refractivity contribution in [2.24, 2.45) is 0 Å². The van der Waals surface area contributed by atoms with E-state index in [9.17, 15) is 0 Å². The van der Waals surface area contributed by atoms with E-state index in [1.54, 1.807) is 0 Å². The molecule has 1 heteroatoms. The van der Waals surface area contributed by atoms with Crippen LogP contribution in [0.2, 0.25) is 0 Å². The SMILES string of the molecule is CCCCCCCCCCCCc1ccc(C[N+](CC)(CC)CC)cc1. The Balaban J connectivity index is 2.17. The van der Waals surface area contributed by atoms with Crippen LogP contribution in [0.3, 0.4) is 0 Å². The van der Waals surface area contributed by atoms with Gasteiger partial charge < -0.3 is 4.48 Å². The van der Waals surface area contributed by atoms with E-state index in [1.165, 1.54) is 112 Å². The quantitative estimate of drug-likeness (QED) is 0.211. The van der Waals surface area contributed by atoms with Crippen LogP contribution in [0.4, 0.5) is 0 Å². The van der Waals surface area contributed by atoms with Gasteiger partial charge in [0.05, 0.1) is 19.6 Å². The van der Waals surface area contributed by atoms with E-state index in [0.717, 1.165) is 0 Å². The average Bonchev–Trinajstić information content (AvgIpc) is 2.69. The number of nitrogens with zero attached hydrogens (tertiary/aromatic N) is 1. The molecule has 0 unspecified atom stereocenters. The molecule has 0 N–H and O–H groups in total. The molecule has 0 bridgehead atoms. The summed E-state index contributed by atoms with van der Waals surface area (Å²) < 4.78 is 1.21. The first-order valence-corrected chi connectivity index (χ1v) is 11.6. The van der Waals surface area contributed by atoms with Crippen molar-refractivity contribution < 1.29 is 4.48 Å². The van der Waals surface area contributed by atoms with Gasteiger partial charge in [-0.25, -0.2) is 0 Å². The summed E-state index contributed by atoms with van der Waals surface area (Å²) in [4.78, 5) is 0. The van der Waals surface area contributed by atoms with Gasteiger partial charge in [-0.2, -0.15) is 0 Å². The smallest absolute Gasteiger partial charge is 0.104 e. The number of hydrogen-bond donors (Lipinski definition) is 0. The zero-order valence-corrected chi connectivity index (χ0v) is 18.4. The lowest BCUT2D eigenvalue weighted by molar-refractivity contribution is -0.936. The summed E-state index contributed by atoms with van der Waals surface area (Å²) in [6, 6.07) is 9.50. The molecule has 0 aliphatic rings. The molecule has 0 fully saturated rings. The van der Waals surface area contributed by atoms with Crippen molar-refractivity contribution >= 4 is 0 Å². The fourth-order valence-corrected chi connectivity index (χ4v) is 4.02. The van der Waals surface area contributed by atoms with E-state index in [1.807, 2.05) is 0 Å². The normalized spacial score (nSPS) is 11.8. The first kappa shape index (κ1) is 23.2. The molecule has 0 aromatic heterocycles. The molecule has 26 heavy (non-hydrogen) atoms. The number of quaternary nitrogens is 1. The summed E-state index contributed by atoms with van der Waals surface area (Å²) in [5.41, 5.74) is 3.03. The van der Waals surface area contributed by atoms with E-state index >= 15 is 0 Å². The van der Waals surface area contributed by atoms with Gasteiger partial charge in [0.2, 0.25) is 0 Å². The van der Waals surface area contributed by atoms with Gasteiger partial charge >= 0.3 is 0 Å². The van der Waals surface area contributed by atoms with Crippen LogP contribution in [0.15, 0.2) is 24.3 Å². The van der Waals surface area contributed by atoms with E-state index < -0.39 is 0 Å². The highest BCUT2D eigenvalue weighted by atomic mass is 15.3. The molecule has 0 heterocycles. The summed E-state index contributed by atoms with van der Waals surface area (Å²) in [5, 5.41) is 0. The number of benzene rings is 1. The predicted octanol–water partition coefficient (Wildman–Crippen LogP) is 7.53. The molecule has 1 nitrogen and oxygen atoms in total. The van der Waals surface area contributed by atoms with Gasteiger partial charge in [0, 0.05) is 5.56 Å². The molecule has 0 atom stereocenters. The van der Waals surface area contributed by atoms with E-state index in [2.05, 4.69) is 52.0 Å². The third-order valence-corrected chi connectivity index (χ3v) is 6.37. The number of hydrogen-bond acceptors (Lipinski definition) is 0. The molecule has 0 saturated heterocycles. The van der Waals surface area contributed by atoms with Crippen molar-refractivity contribution in [3.8, 4) is 0 Å². The summed E-state index contributed by atoms with van der Waals surface area (Å²) in [5.74, 6) is 0. The molecule has 0 radical (unpaired) electrons. The van der Waals surface area contributed by atoms with Gasteiger partial charge in [0.25, 0.3) is 0 Å². The molecule has 0 aliphatic heterocycles. The monoisotopic (exact) mass is 360 g/mol. The highest BCUT2D eigenvalue weighted by Crippen LogP contribution is 2.17. The minimum atomic E-state index is 1.18. The standard InChI is InChI=1S/C25H46N/c1-5-9-10-11-12-13-14-15-16-17-18-24-19-21-25(22-20-24)23-26(6-2,7-3)8-4/h19-22H,5-18,23H2,1-4H3/q+1. The molecular formula is C25H46N+. The summed E-state index contributed by atoms with van der Waals surface area (Å²) in [7, 11) is 0. The lowest BCUT2D eigenvalue weighted by Gasteiger charge is -2.35. The molecule has 0 amide bonds. The van der Waals surface area contributed by atoms with Crippen LogP contribution in [-0.2, 0) is 13.0 Å². The third-order valence-electron chi connectivity index (χ3n) is 6.37. The first-order valence-electron chi connectivity index (χ1n) is 11.6. The van der Waals surface area contributed by atoms with Crippen LogP contribution in [0.25, 0.3) is 0 Å². The van der Waals surface area contributed by atoms with Crippen LogP contribution in [0, 0.1) is 0 Å². The Labute approximate surface area is 164 Å². The molecule has 1 aromatic rings. The maximum atomic E-state index is 2.37. The van der Waals surface area contributed by atoms with Gasteiger partial charge in [0.1, 0.15) is 6.54 Å². The van der Waals surface area contributed by atoms with Crippen molar-refractivity contribution in [1.82, 2.24) is 0 Å². The molecule has 0 aliphatic carbocycles. The Kier molecular flexibility index (Phi) is 12.7. The van der Waals surface area contributed by atoms with Crippen LogP contribution in [-0.4, -0.2) is 24.1 Å². The Hall–Kier alpha value is -0.820. The highest BCUT2D eigenvalue weighted by Gasteiger charge is 2.20. The van der Waals surface area contributed by atoms with Crippen LogP contribution in [0.5, 0.6) is 0 Å². The van der Waals surface area contributed by atoms with Crippen molar-refractivity contribution in [3.63, 3.8) is 0 Å². The summed E-state index contributed by atoms with van der Waals surface area (Å²) in [6.07, 6.45) is 15.5. The van der Waals surface area contributed by atoms with E-state index in [-0.39, 0.29) is 0 Å². The number of aryl methyl sites for hydroxylation is 1. The maximum absolute atomic E-state index is 2.37. The van der Waals surface area contributed by atoms with Crippen LogP contribution >= 0.6 is 0 Å². The van der Waals surface area contributed by atoms with Gasteiger partial charge in [-0.1, -0.05) is 89.0 Å². The lowest BCUT2D eigenvalue weighted by atomic mass is 10.0. The molecule has 1 aromatic carbocycles. The average molecular weight is 361 g/mol. The second-order valence-corrected chi connectivity index (χ2v) is 8.20. The molecule has 0 spiro atoms. The minimum absolute atomic E-state index is 1.18.